The zero-order valence-electron chi connectivity index (χ0n) is 14.2. The van der Waals surface area contributed by atoms with Crippen LogP contribution in [0.5, 0.6) is 5.75 Å². The van der Waals surface area contributed by atoms with Crippen molar-refractivity contribution in [2.24, 2.45) is 0 Å². The van der Waals surface area contributed by atoms with Crippen LogP contribution in [-0.2, 0) is 0 Å². The summed E-state index contributed by atoms with van der Waals surface area (Å²) in [6, 6.07) is 7.34. The lowest BCUT2D eigenvalue weighted by Gasteiger charge is -2.09. The zero-order valence-corrected chi connectivity index (χ0v) is 15.9. The second kappa shape index (κ2) is 8.16. The van der Waals surface area contributed by atoms with Crippen molar-refractivity contribution in [3.8, 4) is 17.0 Å². The van der Waals surface area contributed by atoms with Crippen LogP contribution in [0, 0.1) is 15.9 Å². The Hall–Kier alpha value is -3.64. The molecule has 0 aliphatic carbocycles. The van der Waals surface area contributed by atoms with Crippen LogP contribution in [0.2, 0.25) is 0 Å². The number of nitro groups is 1. The monoisotopic (exact) mass is 434 g/mol. The second-order valence-corrected chi connectivity index (χ2v) is 6.84. The second-order valence-electron chi connectivity index (χ2n) is 5.58. The molecule has 0 fully saturated rings. The SMILES string of the molecule is O=C(O)c1ccc(NC(=S)Nc2nc(-c3ccc(F)c([N+](=O)[O-])c3)cs2)cc1O. The van der Waals surface area contributed by atoms with Crippen molar-refractivity contribution in [3.05, 3.63) is 63.3 Å². The lowest BCUT2D eigenvalue weighted by molar-refractivity contribution is -0.387. The lowest BCUT2D eigenvalue weighted by atomic mass is 10.1. The van der Waals surface area contributed by atoms with E-state index in [9.17, 15) is 24.4 Å². The lowest BCUT2D eigenvalue weighted by Crippen LogP contribution is -2.19. The fourth-order valence-electron chi connectivity index (χ4n) is 2.33. The number of thiazole rings is 1. The number of anilines is 2. The van der Waals surface area contributed by atoms with Gasteiger partial charge in [0.25, 0.3) is 0 Å². The molecule has 1 heterocycles. The van der Waals surface area contributed by atoms with E-state index in [1.165, 1.54) is 35.6 Å². The molecule has 1 aromatic heterocycles. The quantitative estimate of drug-likeness (QED) is 0.266. The molecule has 148 valence electrons. The Labute approximate surface area is 171 Å². The fraction of sp³-hybridized carbons (Fsp3) is 0. The third-order valence-electron chi connectivity index (χ3n) is 3.65. The number of halogens is 1. The van der Waals surface area contributed by atoms with Crippen LogP contribution < -0.4 is 10.6 Å². The number of nitro benzene ring substituents is 1. The Morgan fingerprint density at radius 1 is 1.24 bits per heavy atom. The number of nitrogens with one attached hydrogen (secondary N) is 2. The Kier molecular flexibility index (Phi) is 5.66. The number of hydrogen-bond acceptors (Lipinski definition) is 7. The highest BCUT2D eigenvalue weighted by Crippen LogP contribution is 2.29. The van der Waals surface area contributed by atoms with Crippen molar-refractivity contribution in [2.45, 2.75) is 0 Å². The summed E-state index contributed by atoms with van der Waals surface area (Å²) in [6.07, 6.45) is 0. The van der Waals surface area contributed by atoms with Crippen molar-refractivity contribution in [2.75, 3.05) is 10.6 Å². The number of nitrogens with zero attached hydrogens (tertiary/aromatic N) is 2. The average molecular weight is 434 g/mol. The number of aromatic nitrogens is 1. The number of aromatic carboxylic acids is 1. The first-order chi connectivity index (χ1) is 13.7. The maximum atomic E-state index is 13.5. The minimum Gasteiger partial charge on any atom is -0.507 e. The van der Waals surface area contributed by atoms with E-state index < -0.39 is 28.1 Å². The van der Waals surface area contributed by atoms with Crippen LogP contribution in [0.3, 0.4) is 0 Å². The molecule has 0 aliphatic heterocycles. The maximum Gasteiger partial charge on any atom is 0.339 e. The summed E-state index contributed by atoms with van der Waals surface area (Å²) >= 11 is 6.32. The summed E-state index contributed by atoms with van der Waals surface area (Å²) in [7, 11) is 0. The number of hydrogen-bond donors (Lipinski definition) is 4. The average Bonchev–Trinajstić information content (AvgIpc) is 3.09. The van der Waals surface area contributed by atoms with Crippen LogP contribution in [0.4, 0.5) is 20.9 Å². The number of carboxylic acid groups (broad SMARTS) is 1. The van der Waals surface area contributed by atoms with Crippen LogP contribution >= 0.6 is 23.6 Å². The van der Waals surface area contributed by atoms with Crippen molar-refractivity contribution in [3.63, 3.8) is 0 Å². The van der Waals surface area contributed by atoms with E-state index in [0.29, 0.717) is 22.1 Å². The maximum absolute atomic E-state index is 13.5. The predicted molar refractivity (Wildman–Crippen MR) is 109 cm³/mol. The molecule has 3 rings (SSSR count). The summed E-state index contributed by atoms with van der Waals surface area (Å²) in [4.78, 5) is 25.2. The van der Waals surface area contributed by atoms with Crippen molar-refractivity contribution < 1.29 is 24.3 Å². The van der Waals surface area contributed by atoms with Gasteiger partial charge < -0.3 is 20.8 Å². The van der Waals surface area contributed by atoms with Gasteiger partial charge >= 0.3 is 11.7 Å². The molecular weight excluding hydrogens is 423 g/mol. The van der Waals surface area contributed by atoms with Gasteiger partial charge in [0, 0.05) is 28.8 Å². The molecule has 0 aliphatic rings. The first-order valence-electron chi connectivity index (χ1n) is 7.78. The van der Waals surface area contributed by atoms with Crippen molar-refractivity contribution >= 4 is 51.1 Å². The van der Waals surface area contributed by atoms with Gasteiger partial charge in [-0.1, -0.05) is 0 Å². The van der Waals surface area contributed by atoms with E-state index in [0.717, 1.165) is 12.1 Å². The summed E-state index contributed by atoms with van der Waals surface area (Å²) in [6.45, 7) is 0. The standard InChI is InChI=1S/C17H11FN4O5S2/c18-11-4-1-8(5-13(11)22(26)27)12-7-29-17(20-12)21-16(28)19-9-2-3-10(15(24)25)14(23)6-9/h1-7,23H,(H,24,25)(H2,19,20,21,28). The molecule has 0 saturated carbocycles. The van der Waals surface area contributed by atoms with E-state index in [1.54, 1.807) is 5.38 Å². The van der Waals surface area contributed by atoms with Crippen molar-refractivity contribution in [1.29, 1.82) is 0 Å². The summed E-state index contributed by atoms with van der Waals surface area (Å²) in [5, 5.41) is 37.2. The molecule has 0 unspecified atom stereocenters. The number of thiocarbonyl (C=S) groups is 1. The summed E-state index contributed by atoms with van der Waals surface area (Å²) in [5.41, 5.74) is 0.234. The van der Waals surface area contributed by atoms with Gasteiger partial charge in [0.15, 0.2) is 10.2 Å². The van der Waals surface area contributed by atoms with E-state index in [-0.39, 0.29) is 10.7 Å². The van der Waals surface area contributed by atoms with Crippen LogP contribution in [0.25, 0.3) is 11.3 Å². The molecule has 0 saturated heterocycles. The number of aromatic hydroxyl groups is 1. The molecule has 12 heteroatoms. The molecule has 0 atom stereocenters. The summed E-state index contributed by atoms with van der Waals surface area (Å²) in [5.74, 6) is -2.61. The van der Waals surface area contributed by atoms with Gasteiger partial charge in [0.2, 0.25) is 5.82 Å². The van der Waals surface area contributed by atoms with E-state index in [2.05, 4.69) is 15.6 Å². The highest BCUT2D eigenvalue weighted by atomic mass is 32.1. The molecule has 2 aromatic carbocycles. The van der Waals surface area contributed by atoms with Gasteiger partial charge in [0.1, 0.15) is 11.3 Å². The minimum atomic E-state index is -1.26. The Morgan fingerprint density at radius 3 is 2.66 bits per heavy atom. The Morgan fingerprint density at radius 2 is 2.00 bits per heavy atom. The van der Waals surface area contributed by atoms with E-state index >= 15 is 0 Å². The van der Waals surface area contributed by atoms with Crippen molar-refractivity contribution in [1.82, 2.24) is 4.98 Å². The normalized spacial score (nSPS) is 10.4. The summed E-state index contributed by atoms with van der Waals surface area (Å²) < 4.78 is 13.5. The van der Waals surface area contributed by atoms with Crippen LogP contribution in [-0.4, -0.2) is 31.2 Å². The molecule has 29 heavy (non-hydrogen) atoms. The smallest absolute Gasteiger partial charge is 0.339 e. The molecule has 9 nitrogen and oxygen atoms in total. The highest BCUT2D eigenvalue weighted by molar-refractivity contribution is 7.80. The fourth-order valence-corrected chi connectivity index (χ4v) is 3.33. The number of benzene rings is 2. The topological polar surface area (TPSA) is 138 Å². The molecule has 3 aromatic rings. The van der Waals surface area contributed by atoms with Gasteiger partial charge in [-0.2, -0.15) is 4.39 Å². The number of carboxylic acids is 1. The molecule has 0 radical (unpaired) electrons. The Bertz CT molecular complexity index is 1130. The van der Waals surface area contributed by atoms with E-state index in [1.807, 2.05) is 0 Å². The Balaban J connectivity index is 1.71. The van der Waals surface area contributed by atoms with Crippen LogP contribution in [0.1, 0.15) is 10.4 Å². The highest BCUT2D eigenvalue weighted by Gasteiger charge is 2.16. The largest absolute Gasteiger partial charge is 0.507 e. The molecule has 4 N–H and O–H groups in total. The zero-order chi connectivity index (χ0) is 21.1. The first kappa shape index (κ1) is 20.1. The molecule has 0 bridgehead atoms. The third-order valence-corrected chi connectivity index (χ3v) is 4.61. The predicted octanol–water partition coefficient (Wildman–Crippen LogP) is 4.07. The van der Waals surface area contributed by atoms with Crippen LogP contribution in [0.15, 0.2) is 41.8 Å². The third kappa shape index (κ3) is 4.62. The number of phenols is 1. The van der Waals surface area contributed by atoms with Gasteiger partial charge in [-0.15, -0.1) is 11.3 Å². The molecule has 0 spiro atoms. The number of carbonyl (C=O) groups is 1. The van der Waals surface area contributed by atoms with Gasteiger partial charge in [-0.25, -0.2) is 9.78 Å². The number of rotatable bonds is 5. The van der Waals surface area contributed by atoms with Gasteiger partial charge in [-0.05, 0) is 36.5 Å². The first-order valence-corrected chi connectivity index (χ1v) is 9.07. The van der Waals surface area contributed by atoms with Gasteiger partial charge in [0.05, 0.1) is 10.6 Å². The molecule has 0 amide bonds. The minimum absolute atomic E-state index is 0.124. The van der Waals surface area contributed by atoms with E-state index in [4.69, 9.17) is 17.3 Å². The molecular formula is C17H11FN4O5S2. The van der Waals surface area contributed by atoms with Gasteiger partial charge in [-0.3, -0.25) is 10.1 Å².